The minimum atomic E-state index is -0.578. The number of anilines is 1. The van der Waals surface area contributed by atoms with Gasteiger partial charge in [-0.2, -0.15) is 0 Å². The molecule has 1 aromatic carbocycles. The maximum atomic E-state index is 14.0. The van der Waals surface area contributed by atoms with E-state index in [0.29, 0.717) is 22.9 Å². The van der Waals surface area contributed by atoms with Gasteiger partial charge in [0.05, 0.1) is 10.6 Å². The molecule has 0 atom stereocenters. The highest BCUT2D eigenvalue weighted by atomic mass is 35.5. The van der Waals surface area contributed by atoms with E-state index in [-0.39, 0.29) is 16.8 Å². The summed E-state index contributed by atoms with van der Waals surface area (Å²) >= 11 is 6.09. The van der Waals surface area contributed by atoms with Crippen molar-refractivity contribution in [3.63, 3.8) is 0 Å². The molecule has 2 aromatic rings. The molecule has 0 saturated heterocycles. The number of aromatic nitrogens is 1. The molecule has 1 saturated carbocycles. The highest BCUT2D eigenvalue weighted by molar-refractivity contribution is 6.33. The van der Waals surface area contributed by atoms with Crippen LogP contribution in [0.25, 0.3) is 0 Å². The predicted octanol–water partition coefficient (Wildman–Crippen LogP) is 3.12. The normalized spacial score (nSPS) is 15.4. The van der Waals surface area contributed by atoms with Crippen molar-refractivity contribution in [1.29, 1.82) is 0 Å². The number of hydrogen-bond donors (Lipinski definition) is 2. The van der Waals surface area contributed by atoms with Crippen molar-refractivity contribution in [3.05, 3.63) is 58.5 Å². The van der Waals surface area contributed by atoms with Crippen LogP contribution in [-0.2, 0) is 5.41 Å². The number of rotatable bonds is 5. The van der Waals surface area contributed by atoms with Crippen LogP contribution in [0, 0.1) is 5.82 Å². The van der Waals surface area contributed by atoms with Gasteiger partial charge in [-0.1, -0.05) is 29.8 Å². The van der Waals surface area contributed by atoms with Gasteiger partial charge >= 0.3 is 0 Å². The Balaban J connectivity index is 1.76. The second-order valence-electron chi connectivity index (χ2n) is 5.53. The van der Waals surface area contributed by atoms with E-state index in [2.05, 4.69) is 10.3 Å². The third kappa shape index (κ3) is 2.76. The Morgan fingerprint density at radius 1 is 1.41 bits per heavy atom. The fraction of sp³-hybridized carbons (Fsp3) is 0.250. The lowest BCUT2D eigenvalue weighted by Crippen LogP contribution is -2.21. The van der Waals surface area contributed by atoms with Crippen LogP contribution >= 0.6 is 11.6 Å². The van der Waals surface area contributed by atoms with Gasteiger partial charge in [0.2, 0.25) is 5.91 Å². The SMILES string of the molecule is NC(=O)c1cnc(NCC2(c3ccccc3F)CC2)c(Cl)c1. The van der Waals surface area contributed by atoms with Crippen LogP contribution in [0.3, 0.4) is 0 Å². The summed E-state index contributed by atoms with van der Waals surface area (Å²) in [4.78, 5) is 15.2. The van der Waals surface area contributed by atoms with Crippen molar-refractivity contribution in [3.8, 4) is 0 Å². The molecule has 1 amide bonds. The van der Waals surface area contributed by atoms with Crippen LogP contribution in [0.4, 0.5) is 10.2 Å². The monoisotopic (exact) mass is 319 g/mol. The molecule has 0 aliphatic heterocycles. The first-order valence-corrected chi connectivity index (χ1v) is 7.34. The van der Waals surface area contributed by atoms with Gasteiger partial charge < -0.3 is 11.1 Å². The van der Waals surface area contributed by atoms with Crippen molar-refractivity contribution in [2.45, 2.75) is 18.3 Å². The number of nitrogens with two attached hydrogens (primary N) is 1. The minimum absolute atomic E-state index is 0.190. The van der Waals surface area contributed by atoms with E-state index < -0.39 is 5.91 Å². The lowest BCUT2D eigenvalue weighted by Gasteiger charge is -2.18. The molecule has 0 radical (unpaired) electrons. The Hall–Kier alpha value is -2.14. The molecule has 1 aliphatic rings. The molecule has 1 aliphatic carbocycles. The number of hydrogen-bond acceptors (Lipinski definition) is 3. The summed E-state index contributed by atoms with van der Waals surface area (Å²) in [6, 6.07) is 8.29. The van der Waals surface area contributed by atoms with E-state index in [9.17, 15) is 9.18 Å². The lowest BCUT2D eigenvalue weighted by atomic mass is 9.95. The largest absolute Gasteiger partial charge is 0.368 e. The van der Waals surface area contributed by atoms with Crippen LogP contribution < -0.4 is 11.1 Å². The van der Waals surface area contributed by atoms with Crippen molar-refractivity contribution in [2.75, 3.05) is 11.9 Å². The number of carbonyl (C=O) groups excluding carboxylic acids is 1. The summed E-state index contributed by atoms with van der Waals surface area (Å²) < 4.78 is 14.0. The molecule has 3 rings (SSSR count). The van der Waals surface area contributed by atoms with Gasteiger partial charge in [0.25, 0.3) is 0 Å². The second-order valence-corrected chi connectivity index (χ2v) is 5.94. The first kappa shape index (κ1) is 14.8. The number of primary amides is 1. The van der Waals surface area contributed by atoms with Crippen LogP contribution in [-0.4, -0.2) is 17.4 Å². The third-order valence-electron chi connectivity index (χ3n) is 4.02. The molecule has 4 nitrogen and oxygen atoms in total. The minimum Gasteiger partial charge on any atom is -0.368 e. The van der Waals surface area contributed by atoms with E-state index in [1.54, 1.807) is 6.07 Å². The average molecular weight is 320 g/mol. The van der Waals surface area contributed by atoms with E-state index >= 15 is 0 Å². The van der Waals surface area contributed by atoms with Crippen LogP contribution in [0.5, 0.6) is 0 Å². The van der Waals surface area contributed by atoms with Crippen LogP contribution in [0.15, 0.2) is 36.5 Å². The molecule has 0 spiro atoms. The Morgan fingerprint density at radius 3 is 2.73 bits per heavy atom. The molecule has 1 aromatic heterocycles. The molecular formula is C16H15ClFN3O. The maximum Gasteiger partial charge on any atom is 0.250 e. The van der Waals surface area contributed by atoms with Gasteiger partial charge in [0.15, 0.2) is 0 Å². The molecular weight excluding hydrogens is 305 g/mol. The summed E-state index contributed by atoms with van der Waals surface area (Å²) in [6.07, 6.45) is 3.20. The van der Waals surface area contributed by atoms with Gasteiger partial charge in [-0.3, -0.25) is 4.79 Å². The predicted molar refractivity (Wildman–Crippen MR) is 83.6 cm³/mol. The molecule has 3 N–H and O–H groups in total. The van der Waals surface area contributed by atoms with Gasteiger partial charge in [-0.25, -0.2) is 9.37 Å². The molecule has 114 valence electrons. The van der Waals surface area contributed by atoms with Crippen molar-refractivity contribution < 1.29 is 9.18 Å². The summed E-state index contributed by atoms with van der Waals surface area (Å²) in [5, 5.41) is 3.47. The molecule has 0 unspecified atom stereocenters. The van der Waals surface area contributed by atoms with Crippen molar-refractivity contribution in [2.24, 2.45) is 5.73 Å². The van der Waals surface area contributed by atoms with E-state index in [4.69, 9.17) is 17.3 Å². The van der Waals surface area contributed by atoms with Gasteiger partial charge in [0.1, 0.15) is 11.6 Å². The Kier molecular flexibility index (Phi) is 3.74. The van der Waals surface area contributed by atoms with Crippen molar-refractivity contribution in [1.82, 2.24) is 4.98 Å². The fourth-order valence-electron chi connectivity index (χ4n) is 2.54. The topological polar surface area (TPSA) is 68.0 Å². The second kappa shape index (κ2) is 5.57. The average Bonchev–Trinajstić information content (AvgIpc) is 3.27. The molecule has 6 heteroatoms. The number of benzene rings is 1. The molecule has 1 heterocycles. The van der Waals surface area contributed by atoms with Gasteiger partial charge in [-0.05, 0) is 30.5 Å². The lowest BCUT2D eigenvalue weighted by molar-refractivity contribution is 0.1000. The fourth-order valence-corrected chi connectivity index (χ4v) is 2.77. The molecule has 1 fully saturated rings. The van der Waals surface area contributed by atoms with E-state index in [1.165, 1.54) is 18.3 Å². The van der Waals surface area contributed by atoms with Gasteiger partial charge in [0, 0.05) is 18.2 Å². The Labute approximate surface area is 132 Å². The summed E-state index contributed by atoms with van der Waals surface area (Å²) in [5.41, 5.74) is 5.94. The number of nitrogens with zero attached hydrogens (tertiary/aromatic N) is 1. The zero-order valence-electron chi connectivity index (χ0n) is 11.8. The summed E-state index contributed by atoms with van der Waals surface area (Å²) in [6.45, 7) is 0.538. The van der Waals surface area contributed by atoms with Crippen LogP contribution in [0.2, 0.25) is 5.02 Å². The van der Waals surface area contributed by atoms with E-state index in [0.717, 1.165) is 12.8 Å². The Morgan fingerprint density at radius 2 is 2.14 bits per heavy atom. The number of pyridine rings is 1. The molecule has 22 heavy (non-hydrogen) atoms. The summed E-state index contributed by atoms with van der Waals surface area (Å²) in [5.74, 6) is -0.301. The standard InChI is InChI=1S/C16H15ClFN3O/c17-12-7-10(14(19)22)8-20-15(12)21-9-16(5-6-16)11-3-1-2-4-13(11)18/h1-4,7-8H,5-6,9H2,(H2,19,22)(H,20,21). The zero-order valence-corrected chi connectivity index (χ0v) is 12.5. The zero-order chi connectivity index (χ0) is 15.7. The maximum absolute atomic E-state index is 14.0. The van der Waals surface area contributed by atoms with Crippen LogP contribution in [0.1, 0.15) is 28.8 Å². The van der Waals surface area contributed by atoms with Gasteiger partial charge in [-0.15, -0.1) is 0 Å². The quantitative estimate of drug-likeness (QED) is 0.889. The number of halogens is 2. The highest BCUT2D eigenvalue weighted by Crippen LogP contribution is 2.49. The smallest absolute Gasteiger partial charge is 0.250 e. The number of amides is 1. The summed E-state index contributed by atoms with van der Waals surface area (Å²) in [7, 11) is 0. The number of carbonyl (C=O) groups is 1. The van der Waals surface area contributed by atoms with E-state index in [1.807, 2.05) is 12.1 Å². The Bertz CT molecular complexity index is 731. The third-order valence-corrected chi connectivity index (χ3v) is 4.31. The first-order valence-electron chi connectivity index (χ1n) is 6.96. The first-order chi connectivity index (χ1) is 10.5. The molecule has 0 bridgehead atoms. The van der Waals surface area contributed by atoms with Crippen molar-refractivity contribution >= 4 is 23.3 Å². The number of nitrogens with one attached hydrogen (secondary N) is 1. The highest BCUT2D eigenvalue weighted by Gasteiger charge is 2.45.